The van der Waals surface area contributed by atoms with Gasteiger partial charge in [-0.05, 0) is 62.8 Å². The number of piperidine rings is 1. The first-order chi connectivity index (χ1) is 10.2. The summed E-state index contributed by atoms with van der Waals surface area (Å²) in [6, 6.07) is 7.70. The summed E-state index contributed by atoms with van der Waals surface area (Å²) in [5.41, 5.74) is 7.52. The predicted molar refractivity (Wildman–Crippen MR) is 84.5 cm³/mol. The van der Waals surface area contributed by atoms with Crippen molar-refractivity contribution in [2.75, 3.05) is 6.54 Å². The van der Waals surface area contributed by atoms with Crippen LogP contribution >= 0.6 is 0 Å². The summed E-state index contributed by atoms with van der Waals surface area (Å²) >= 11 is 0. The molecule has 0 spiro atoms. The van der Waals surface area contributed by atoms with Crippen molar-refractivity contribution in [3.63, 3.8) is 0 Å². The molecule has 2 aliphatic rings. The van der Waals surface area contributed by atoms with E-state index in [2.05, 4.69) is 11.8 Å². The van der Waals surface area contributed by atoms with Gasteiger partial charge in [0.25, 0.3) is 0 Å². The molecule has 1 heterocycles. The third kappa shape index (κ3) is 3.14. The van der Waals surface area contributed by atoms with Crippen LogP contribution < -0.4 is 5.73 Å². The Bertz CT molecular complexity index is 457. The molecule has 4 unspecified atom stereocenters. The average molecular weight is 290 g/mol. The van der Waals surface area contributed by atoms with Crippen LogP contribution in [0.5, 0.6) is 0 Å². The van der Waals surface area contributed by atoms with E-state index in [0.717, 1.165) is 18.0 Å². The molecule has 3 heteroatoms. The Hall–Kier alpha value is -0.930. The monoisotopic (exact) mass is 290 g/mol. The highest BCUT2D eigenvalue weighted by Gasteiger charge is 2.37. The Labute approximate surface area is 127 Å². The Morgan fingerprint density at radius 1 is 1.10 bits per heavy atom. The zero-order chi connectivity index (χ0) is 14.8. The van der Waals surface area contributed by atoms with Crippen LogP contribution in [-0.2, 0) is 0 Å². The van der Waals surface area contributed by atoms with Gasteiger partial charge in [-0.25, -0.2) is 4.39 Å². The zero-order valence-corrected chi connectivity index (χ0v) is 13.0. The number of nitrogens with zero attached hydrogens (tertiary/aromatic N) is 1. The lowest BCUT2D eigenvalue weighted by atomic mass is 9.77. The summed E-state index contributed by atoms with van der Waals surface area (Å²) in [6.07, 6.45) is 8.15. The van der Waals surface area contributed by atoms with Crippen LogP contribution in [0.3, 0.4) is 0 Å². The molecule has 1 aliphatic carbocycles. The molecule has 21 heavy (non-hydrogen) atoms. The first-order valence-corrected chi connectivity index (χ1v) is 8.43. The molecule has 2 N–H and O–H groups in total. The lowest BCUT2D eigenvalue weighted by Gasteiger charge is -2.48. The van der Waals surface area contributed by atoms with Crippen molar-refractivity contribution < 1.29 is 4.39 Å². The van der Waals surface area contributed by atoms with Crippen molar-refractivity contribution in [3.05, 3.63) is 35.6 Å². The predicted octanol–water partition coefficient (Wildman–Crippen LogP) is 3.87. The Morgan fingerprint density at radius 3 is 2.52 bits per heavy atom. The second-order valence-corrected chi connectivity index (χ2v) is 6.81. The van der Waals surface area contributed by atoms with E-state index < -0.39 is 0 Å². The molecule has 4 atom stereocenters. The van der Waals surface area contributed by atoms with E-state index in [4.69, 9.17) is 5.73 Å². The van der Waals surface area contributed by atoms with Crippen LogP contribution in [0.1, 0.15) is 57.1 Å². The Balaban J connectivity index is 1.73. The van der Waals surface area contributed by atoms with E-state index in [0.29, 0.717) is 12.1 Å². The van der Waals surface area contributed by atoms with Crippen LogP contribution in [-0.4, -0.2) is 23.5 Å². The maximum absolute atomic E-state index is 13.1. The zero-order valence-electron chi connectivity index (χ0n) is 13.0. The summed E-state index contributed by atoms with van der Waals surface area (Å²) in [4.78, 5) is 2.64. The molecule has 1 aromatic rings. The quantitative estimate of drug-likeness (QED) is 0.915. The van der Waals surface area contributed by atoms with E-state index in [1.54, 1.807) is 0 Å². The minimum absolute atomic E-state index is 0.0359. The van der Waals surface area contributed by atoms with Crippen LogP contribution in [0.4, 0.5) is 4.39 Å². The molecule has 0 amide bonds. The highest BCUT2D eigenvalue weighted by Crippen LogP contribution is 2.37. The molecular weight excluding hydrogens is 263 g/mol. The van der Waals surface area contributed by atoms with Gasteiger partial charge in [0.1, 0.15) is 5.82 Å². The van der Waals surface area contributed by atoms with E-state index >= 15 is 0 Å². The molecule has 1 aromatic carbocycles. The molecule has 2 fully saturated rings. The van der Waals surface area contributed by atoms with Crippen LogP contribution in [0, 0.1) is 11.7 Å². The van der Waals surface area contributed by atoms with Gasteiger partial charge in [-0.3, -0.25) is 4.90 Å². The number of fused-ring (bicyclic) bond motifs is 1. The molecule has 0 aromatic heterocycles. The summed E-state index contributed by atoms with van der Waals surface area (Å²) in [7, 11) is 0. The van der Waals surface area contributed by atoms with E-state index in [-0.39, 0.29) is 11.9 Å². The number of hydrogen-bond donors (Lipinski definition) is 1. The minimum Gasteiger partial charge on any atom is -0.323 e. The number of hydrogen-bond acceptors (Lipinski definition) is 2. The van der Waals surface area contributed by atoms with Crippen molar-refractivity contribution in [3.8, 4) is 0 Å². The van der Waals surface area contributed by atoms with Gasteiger partial charge in [-0.1, -0.05) is 25.0 Å². The molecule has 0 radical (unpaired) electrons. The smallest absolute Gasteiger partial charge is 0.123 e. The van der Waals surface area contributed by atoms with Gasteiger partial charge >= 0.3 is 0 Å². The Morgan fingerprint density at radius 2 is 1.76 bits per heavy atom. The first-order valence-electron chi connectivity index (χ1n) is 8.43. The standard InChI is InChI=1S/C18H27FN2/c1-13(18(20)15-8-10-16(19)11-9-15)21-12-4-6-14-5-2-3-7-17(14)21/h8-11,13-14,17-18H,2-7,12,20H2,1H3. The number of nitrogens with two attached hydrogens (primary N) is 1. The summed E-state index contributed by atoms with van der Waals surface area (Å²) in [6.45, 7) is 3.40. The van der Waals surface area contributed by atoms with Gasteiger partial charge in [0.2, 0.25) is 0 Å². The van der Waals surface area contributed by atoms with Crippen LogP contribution in [0.15, 0.2) is 24.3 Å². The maximum atomic E-state index is 13.1. The van der Waals surface area contributed by atoms with E-state index in [1.807, 2.05) is 12.1 Å². The molecule has 116 valence electrons. The minimum atomic E-state index is -0.191. The van der Waals surface area contributed by atoms with Gasteiger partial charge < -0.3 is 5.73 Å². The summed E-state index contributed by atoms with van der Waals surface area (Å²) in [5.74, 6) is 0.680. The lowest BCUT2D eigenvalue weighted by molar-refractivity contribution is 0.0229. The molecule has 1 saturated heterocycles. The second kappa shape index (κ2) is 6.45. The fraction of sp³-hybridized carbons (Fsp3) is 0.667. The number of likely N-dealkylation sites (tertiary alicyclic amines) is 1. The molecule has 1 aliphatic heterocycles. The maximum Gasteiger partial charge on any atom is 0.123 e. The molecular formula is C18H27FN2. The summed E-state index contributed by atoms with van der Waals surface area (Å²) < 4.78 is 13.1. The van der Waals surface area contributed by atoms with Gasteiger partial charge in [0, 0.05) is 18.1 Å². The SMILES string of the molecule is CC(C(N)c1ccc(F)cc1)N1CCCC2CCCCC21. The lowest BCUT2D eigenvalue weighted by Crippen LogP contribution is -2.53. The molecule has 0 bridgehead atoms. The summed E-state index contributed by atoms with van der Waals surface area (Å²) in [5, 5.41) is 0. The second-order valence-electron chi connectivity index (χ2n) is 6.81. The number of halogens is 1. The fourth-order valence-corrected chi connectivity index (χ4v) is 4.34. The van der Waals surface area contributed by atoms with Gasteiger partial charge in [0.15, 0.2) is 0 Å². The van der Waals surface area contributed by atoms with Crippen molar-refractivity contribution >= 4 is 0 Å². The van der Waals surface area contributed by atoms with E-state index in [1.165, 1.54) is 50.7 Å². The third-order valence-electron chi connectivity index (χ3n) is 5.58. The molecule has 1 saturated carbocycles. The molecule has 2 nitrogen and oxygen atoms in total. The van der Waals surface area contributed by atoms with Crippen molar-refractivity contribution in [1.29, 1.82) is 0 Å². The van der Waals surface area contributed by atoms with Gasteiger partial charge in [0.05, 0.1) is 0 Å². The first kappa shape index (κ1) is 15.0. The number of benzene rings is 1. The van der Waals surface area contributed by atoms with Crippen molar-refractivity contribution in [1.82, 2.24) is 4.90 Å². The van der Waals surface area contributed by atoms with Gasteiger partial charge in [-0.2, -0.15) is 0 Å². The van der Waals surface area contributed by atoms with Crippen molar-refractivity contribution in [2.24, 2.45) is 11.7 Å². The fourth-order valence-electron chi connectivity index (χ4n) is 4.34. The third-order valence-corrected chi connectivity index (χ3v) is 5.58. The largest absolute Gasteiger partial charge is 0.323 e. The van der Waals surface area contributed by atoms with E-state index in [9.17, 15) is 4.39 Å². The van der Waals surface area contributed by atoms with Gasteiger partial charge in [-0.15, -0.1) is 0 Å². The van der Waals surface area contributed by atoms with Crippen LogP contribution in [0.2, 0.25) is 0 Å². The highest BCUT2D eigenvalue weighted by molar-refractivity contribution is 5.21. The highest BCUT2D eigenvalue weighted by atomic mass is 19.1. The molecule has 3 rings (SSSR count). The average Bonchev–Trinajstić information content (AvgIpc) is 2.53. The Kier molecular flexibility index (Phi) is 4.60. The van der Waals surface area contributed by atoms with Crippen molar-refractivity contribution in [2.45, 2.75) is 63.6 Å². The number of rotatable bonds is 3. The van der Waals surface area contributed by atoms with Crippen LogP contribution in [0.25, 0.3) is 0 Å². The normalized spacial score (nSPS) is 29.7. The topological polar surface area (TPSA) is 29.3 Å².